The van der Waals surface area contributed by atoms with E-state index in [4.69, 9.17) is 24.8 Å². The summed E-state index contributed by atoms with van der Waals surface area (Å²) < 4.78 is 7.81. The number of hydrogen-bond acceptors (Lipinski definition) is 7. The van der Waals surface area contributed by atoms with Crippen molar-refractivity contribution >= 4 is 97.4 Å². The number of aliphatic carboxylic acids is 3. The Labute approximate surface area is 348 Å². The molecule has 0 aliphatic heterocycles. The number of aromatic hydroxyl groups is 1. The highest BCUT2D eigenvalue weighted by molar-refractivity contribution is 14.1. The van der Waals surface area contributed by atoms with Crippen LogP contribution < -0.4 is 0 Å². The molecule has 0 saturated heterocycles. The van der Waals surface area contributed by atoms with Crippen LogP contribution in [0.4, 0.5) is 0 Å². The SMILES string of the molecule is CC(C(=O)O)c1cccc(C(=O)c2ccccc2)c1.CCC(Cc1c(I)cc(I)c(O)c1I)C(=O)O.CCCc1c(CCC(=O)O)oc(C(=O)O)c1C. The van der Waals surface area contributed by atoms with Crippen molar-refractivity contribution in [3.8, 4) is 5.75 Å². The maximum atomic E-state index is 12.2. The van der Waals surface area contributed by atoms with Crippen LogP contribution in [0.2, 0.25) is 0 Å². The van der Waals surface area contributed by atoms with Gasteiger partial charge >= 0.3 is 23.9 Å². The molecule has 0 aliphatic carbocycles. The Balaban J connectivity index is 0.000000276. The Bertz CT molecular complexity index is 1920. The summed E-state index contributed by atoms with van der Waals surface area (Å²) in [6, 6.07) is 17.6. The molecular formula is C39H41I3O11. The van der Waals surface area contributed by atoms with Crippen molar-refractivity contribution in [2.75, 3.05) is 0 Å². The predicted molar refractivity (Wildman–Crippen MR) is 224 cm³/mol. The highest BCUT2D eigenvalue weighted by Gasteiger charge is 2.23. The molecule has 284 valence electrons. The molecule has 0 bridgehead atoms. The van der Waals surface area contributed by atoms with E-state index in [1.54, 1.807) is 62.4 Å². The third kappa shape index (κ3) is 13.4. The third-order valence-corrected chi connectivity index (χ3v) is 11.2. The molecule has 0 radical (unpaired) electrons. The number of phenols is 1. The molecule has 2 atom stereocenters. The monoisotopic (exact) mass is 1070 g/mol. The Morgan fingerprint density at radius 2 is 1.40 bits per heavy atom. The lowest BCUT2D eigenvalue weighted by Crippen LogP contribution is -2.16. The standard InChI is InChI=1S/C16H14O3.C12H16O5.C11H11I3O3/c1-11(16(18)19)13-8-5-9-14(10-13)15(17)12-6-3-2-4-7-12;1-3-4-8-7(2)11(12(15)16)17-9(8)5-6-10(13)14;1-2-5(11(16)17)3-6-7(12)4-8(13)10(15)9(6)14/h2-11H,1H3,(H,18,19);3-6H2,1-2H3,(H,13,14)(H,15,16);4-5,15H,2-3H2,1H3,(H,16,17). The summed E-state index contributed by atoms with van der Waals surface area (Å²) in [6.07, 6.45) is 2.81. The maximum absolute atomic E-state index is 12.2. The Hall–Kier alpha value is -3.52. The van der Waals surface area contributed by atoms with Gasteiger partial charge in [-0.05, 0) is 130 Å². The fourth-order valence-corrected chi connectivity index (χ4v) is 8.93. The summed E-state index contributed by atoms with van der Waals surface area (Å²) in [7, 11) is 0. The molecule has 14 heteroatoms. The fourth-order valence-electron chi connectivity index (χ4n) is 5.12. The Morgan fingerprint density at radius 3 is 1.92 bits per heavy atom. The highest BCUT2D eigenvalue weighted by Crippen LogP contribution is 2.34. The van der Waals surface area contributed by atoms with Gasteiger partial charge in [-0.15, -0.1) is 0 Å². The second-order valence-electron chi connectivity index (χ2n) is 11.9. The molecule has 0 aliphatic rings. The molecule has 0 amide bonds. The number of aryl methyl sites for hydroxylation is 1. The lowest BCUT2D eigenvalue weighted by Gasteiger charge is -2.14. The summed E-state index contributed by atoms with van der Waals surface area (Å²) in [4.78, 5) is 55.7. The molecule has 5 N–H and O–H groups in total. The van der Waals surface area contributed by atoms with Crippen LogP contribution >= 0.6 is 67.8 Å². The number of carbonyl (C=O) groups is 5. The van der Waals surface area contributed by atoms with E-state index in [1.165, 1.54) is 0 Å². The van der Waals surface area contributed by atoms with Crippen LogP contribution in [0.3, 0.4) is 0 Å². The fraction of sp³-hybridized carbons (Fsp3) is 0.308. The van der Waals surface area contributed by atoms with Crippen molar-refractivity contribution in [1.82, 2.24) is 0 Å². The minimum Gasteiger partial charge on any atom is -0.506 e. The molecule has 4 rings (SSSR count). The largest absolute Gasteiger partial charge is 0.506 e. The zero-order valence-electron chi connectivity index (χ0n) is 29.5. The van der Waals surface area contributed by atoms with E-state index in [2.05, 4.69) is 67.8 Å². The van der Waals surface area contributed by atoms with Gasteiger partial charge in [-0.25, -0.2) is 4.79 Å². The van der Waals surface area contributed by atoms with Crippen molar-refractivity contribution in [3.05, 3.63) is 116 Å². The van der Waals surface area contributed by atoms with Gasteiger partial charge in [0, 0.05) is 26.7 Å². The molecule has 4 aromatic rings. The lowest BCUT2D eigenvalue weighted by molar-refractivity contribution is -0.142. The van der Waals surface area contributed by atoms with Crippen molar-refractivity contribution in [1.29, 1.82) is 0 Å². The maximum Gasteiger partial charge on any atom is 0.372 e. The number of hydrogen-bond donors (Lipinski definition) is 5. The van der Waals surface area contributed by atoms with Gasteiger partial charge in [-0.2, -0.15) is 0 Å². The summed E-state index contributed by atoms with van der Waals surface area (Å²) in [5.41, 5.74) is 4.12. The first-order chi connectivity index (χ1) is 24.9. The molecule has 0 spiro atoms. The quantitative estimate of drug-likeness (QED) is 0.0596. The summed E-state index contributed by atoms with van der Waals surface area (Å²) in [5, 5.41) is 45.5. The number of carboxylic acid groups (broad SMARTS) is 4. The molecular weight excluding hydrogens is 1030 g/mol. The van der Waals surface area contributed by atoms with Gasteiger partial charge in [-0.3, -0.25) is 19.2 Å². The van der Waals surface area contributed by atoms with Crippen molar-refractivity contribution in [3.63, 3.8) is 0 Å². The van der Waals surface area contributed by atoms with E-state index in [0.717, 1.165) is 28.3 Å². The third-order valence-electron chi connectivity index (χ3n) is 8.20. The van der Waals surface area contributed by atoms with Crippen LogP contribution in [0.5, 0.6) is 5.75 Å². The van der Waals surface area contributed by atoms with Crippen LogP contribution in [-0.4, -0.2) is 55.2 Å². The minimum absolute atomic E-state index is 0.0529. The van der Waals surface area contributed by atoms with Gasteiger partial charge in [-0.1, -0.05) is 68.8 Å². The van der Waals surface area contributed by atoms with Crippen LogP contribution in [0, 0.1) is 23.6 Å². The van der Waals surface area contributed by atoms with Gasteiger partial charge in [0.15, 0.2) is 5.78 Å². The van der Waals surface area contributed by atoms with E-state index in [-0.39, 0.29) is 30.1 Å². The number of phenolic OH excluding ortho intramolecular Hbond substituents is 1. The lowest BCUT2D eigenvalue weighted by atomic mass is 9.96. The minimum atomic E-state index is -1.11. The molecule has 2 unspecified atom stereocenters. The molecule has 53 heavy (non-hydrogen) atoms. The first-order valence-electron chi connectivity index (χ1n) is 16.5. The molecule has 3 aromatic carbocycles. The predicted octanol–water partition coefficient (Wildman–Crippen LogP) is 9.22. The zero-order chi connectivity index (χ0) is 40.0. The first kappa shape index (κ1) is 45.6. The number of ketones is 1. The molecule has 11 nitrogen and oxygen atoms in total. The van der Waals surface area contributed by atoms with E-state index in [1.807, 2.05) is 26.0 Å². The van der Waals surface area contributed by atoms with Crippen LogP contribution in [0.25, 0.3) is 0 Å². The summed E-state index contributed by atoms with van der Waals surface area (Å²) in [5.74, 6) is -4.15. The number of rotatable bonds is 14. The van der Waals surface area contributed by atoms with Gasteiger partial charge < -0.3 is 29.9 Å². The van der Waals surface area contributed by atoms with Gasteiger partial charge in [0.1, 0.15) is 11.5 Å². The van der Waals surface area contributed by atoms with Crippen molar-refractivity contribution < 1.29 is 53.9 Å². The number of halogens is 3. The molecule has 1 aromatic heterocycles. The Morgan fingerprint density at radius 1 is 0.774 bits per heavy atom. The highest BCUT2D eigenvalue weighted by atomic mass is 127. The van der Waals surface area contributed by atoms with Crippen molar-refractivity contribution in [2.24, 2.45) is 5.92 Å². The van der Waals surface area contributed by atoms with Gasteiger partial charge in [0.2, 0.25) is 5.76 Å². The second kappa shape index (κ2) is 22.0. The number of carbonyl (C=O) groups excluding carboxylic acids is 1. The van der Waals surface area contributed by atoms with E-state index in [9.17, 15) is 29.1 Å². The average molecular weight is 1070 g/mol. The van der Waals surface area contributed by atoms with Gasteiger partial charge in [0.05, 0.1) is 25.4 Å². The van der Waals surface area contributed by atoms with Crippen LogP contribution in [-0.2, 0) is 33.6 Å². The van der Waals surface area contributed by atoms with Gasteiger partial charge in [0.25, 0.3) is 0 Å². The first-order valence-corrected chi connectivity index (χ1v) is 19.7. The number of aromatic carboxylic acids is 1. The molecule has 1 heterocycles. The second-order valence-corrected chi connectivity index (χ2v) is 15.3. The topological polar surface area (TPSA) is 200 Å². The normalized spacial score (nSPS) is 11.6. The van der Waals surface area contributed by atoms with E-state index in [0.29, 0.717) is 47.3 Å². The molecule has 0 fully saturated rings. The van der Waals surface area contributed by atoms with E-state index < -0.39 is 35.7 Å². The average Bonchev–Trinajstić information content (AvgIpc) is 3.44. The summed E-state index contributed by atoms with van der Waals surface area (Å²) in [6.45, 7) is 7.15. The van der Waals surface area contributed by atoms with Crippen molar-refractivity contribution in [2.45, 2.75) is 72.1 Å². The Kier molecular flexibility index (Phi) is 18.9. The molecule has 0 saturated carbocycles. The smallest absolute Gasteiger partial charge is 0.372 e. The van der Waals surface area contributed by atoms with Crippen LogP contribution in [0.1, 0.15) is 100 Å². The number of furan rings is 1. The number of benzene rings is 3. The summed E-state index contributed by atoms with van der Waals surface area (Å²) >= 11 is 6.34. The van der Waals surface area contributed by atoms with Crippen LogP contribution in [0.15, 0.2) is 65.1 Å². The number of carboxylic acids is 4. The zero-order valence-corrected chi connectivity index (χ0v) is 36.0. The van der Waals surface area contributed by atoms with E-state index >= 15 is 0 Å².